The monoisotopic (exact) mass is 243 g/mol. The third-order valence-electron chi connectivity index (χ3n) is 3.48. The predicted molar refractivity (Wildman–Crippen MR) is 62.4 cm³/mol. The lowest BCUT2D eigenvalue weighted by atomic mass is 9.70. The Kier molecular flexibility index (Phi) is 4.89. The van der Waals surface area contributed by atoms with Crippen LogP contribution in [-0.4, -0.2) is 25.0 Å². The highest BCUT2D eigenvalue weighted by Gasteiger charge is 2.40. The number of amides is 2. The second-order valence-corrected chi connectivity index (χ2v) is 4.85. The summed E-state index contributed by atoms with van der Waals surface area (Å²) in [5.74, 6) is -0.230. The number of carbonyl (C=O) groups is 2. The third-order valence-corrected chi connectivity index (χ3v) is 3.48. The average Bonchev–Trinajstić information content (AvgIpc) is 2.30. The van der Waals surface area contributed by atoms with Gasteiger partial charge in [-0.15, -0.1) is 0 Å². The summed E-state index contributed by atoms with van der Waals surface area (Å²) in [5, 5.41) is 0. The molecule has 0 spiro atoms. The van der Waals surface area contributed by atoms with E-state index >= 15 is 0 Å². The van der Waals surface area contributed by atoms with Gasteiger partial charge in [-0.05, 0) is 31.6 Å². The fraction of sp³-hybridized carbons (Fsp3) is 0.818. The summed E-state index contributed by atoms with van der Waals surface area (Å²) in [6.45, 7) is 2.15. The molecule has 17 heavy (non-hydrogen) atoms. The van der Waals surface area contributed by atoms with Crippen molar-refractivity contribution in [3.63, 3.8) is 0 Å². The van der Waals surface area contributed by atoms with Gasteiger partial charge in [-0.2, -0.15) is 0 Å². The minimum Gasteiger partial charge on any atom is -0.368 e. The van der Waals surface area contributed by atoms with Gasteiger partial charge >= 0.3 is 0 Å². The van der Waals surface area contributed by atoms with Crippen LogP contribution < -0.4 is 16.9 Å². The summed E-state index contributed by atoms with van der Waals surface area (Å²) < 4.78 is 0. The van der Waals surface area contributed by atoms with Gasteiger partial charge in [0, 0.05) is 6.54 Å². The summed E-state index contributed by atoms with van der Waals surface area (Å²) in [5.41, 5.74) is 12.3. The Morgan fingerprint density at radius 1 is 1.41 bits per heavy atom. The molecule has 1 fully saturated rings. The van der Waals surface area contributed by atoms with E-state index in [4.69, 9.17) is 16.3 Å². The SMILES string of the molecule is CC1CCC(CN)(C(=O)NOCC(N)=O)CC1. The van der Waals surface area contributed by atoms with Crippen LogP contribution in [0.25, 0.3) is 0 Å². The van der Waals surface area contributed by atoms with Crippen molar-refractivity contribution in [2.24, 2.45) is 22.8 Å². The lowest BCUT2D eigenvalue weighted by Crippen LogP contribution is -2.48. The number of hydrogen-bond acceptors (Lipinski definition) is 4. The van der Waals surface area contributed by atoms with E-state index in [1.165, 1.54) is 0 Å². The number of nitrogens with two attached hydrogens (primary N) is 2. The first-order valence-corrected chi connectivity index (χ1v) is 5.91. The van der Waals surface area contributed by atoms with Crippen molar-refractivity contribution in [1.82, 2.24) is 5.48 Å². The number of nitrogens with one attached hydrogen (secondary N) is 1. The molecule has 5 N–H and O–H groups in total. The molecule has 0 aromatic carbocycles. The first kappa shape index (κ1) is 13.9. The zero-order valence-electron chi connectivity index (χ0n) is 10.2. The van der Waals surface area contributed by atoms with Crippen LogP contribution in [0.3, 0.4) is 0 Å². The Balaban J connectivity index is 2.48. The lowest BCUT2D eigenvalue weighted by Gasteiger charge is -2.36. The number of rotatable bonds is 5. The van der Waals surface area contributed by atoms with Gasteiger partial charge in [-0.3, -0.25) is 14.4 Å². The molecule has 1 aliphatic rings. The molecule has 1 saturated carbocycles. The van der Waals surface area contributed by atoms with Gasteiger partial charge in [0.25, 0.3) is 5.91 Å². The molecule has 0 unspecified atom stereocenters. The minimum absolute atomic E-state index is 0.242. The largest absolute Gasteiger partial charge is 0.368 e. The van der Waals surface area contributed by atoms with Gasteiger partial charge in [0.1, 0.15) is 0 Å². The molecule has 2 amide bonds. The van der Waals surface area contributed by atoms with Crippen LogP contribution in [0.5, 0.6) is 0 Å². The Hall–Kier alpha value is -1.14. The number of hydrogen-bond donors (Lipinski definition) is 3. The molecular formula is C11H21N3O3. The standard InChI is InChI=1S/C11H21N3O3/c1-8-2-4-11(7-12,5-3-8)10(16)14-17-6-9(13)15/h8H,2-7,12H2,1H3,(H2,13,15)(H,14,16). The molecule has 0 bridgehead atoms. The molecule has 98 valence electrons. The fourth-order valence-corrected chi connectivity index (χ4v) is 2.12. The lowest BCUT2D eigenvalue weighted by molar-refractivity contribution is -0.148. The van der Waals surface area contributed by atoms with Crippen molar-refractivity contribution in [1.29, 1.82) is 0 Å². The summed E-state index contributed by atoms with van der Waals surface area (Å²) in [7, 11) is 0. The topological polar surface area (TPSA) is 107 Å². The van der Waals surface area contributed by atoms with E-state index in [2.05, 4.69) is 12.4 Å². The molecule has 6 nitrogen and oxygen atoms in total. The average molecular weight is 243 g/mol. The molecule has 0 aromatic rings. The van der Waals surface area contributed by atoms with E-state index in [9.17, 15) is 9.59 Å². The van der Waals surface area contributed by atoms with E-state index in [0.717, 1.165) is 25.7 Å². The van der Waals surface area contributed by atoms with Crippen LogP contribution in [-0.2, 0) is 14.4 Å². The minimum atomic E-state index is -0.621. The number of carbonyl (C=O) groups excluding carboxylic acids is 2. The van der Waals surface area contributed by atoms with Crippen LogP contribution in [0, 0.1) is 11.3 Å². The molecule has 0 atom stereocenters. The van der Waals surface area contributed by atoms with Crippen molar-refractivity contribution in [3.05, 3.63) is 0 Å². The molecule has 0 aliphatic heterocycles. The van der Waals surface area contributed by atoms with Crippen LogP contribution in [0.2, 0.25) is 0 Å². The van der Waals surface area contributed by atoms with Crippen LogP contribution >= 0.6 is 0 Å². The van der Waals surface area contributed by atoms with Crippen molar-refractivity contribution in [3.8, 4) is 0 Å². The van der Waals surface area contributed by atoms with E-state index in [1.807, 2.05) is 0 Å². The first-order chi connectivity index (χ1) is 8.00. The van der Waals surface area contributed by atoms with Crippen molar-refractivity contribution < 1.29 is 14.4 Å². The second kappa shape index (κ2) is 5.97. The summed E-state index contributed by atoms with van der Waals surface area (Å²) >= 11 is 0. The Morgan fingerprint density at radius 2 is 2.00 bits per heavy atom. The van der Waals surface area contributed by atoms with Crippen LogP contribution in [0.1, 0.15) is 32.6 Å². The van der Waals surface area contributed by atoms with E-state index in [1.54, 1.807) is 0 Å². The first-order valence-electron chi connectivity index (χ1n) is 5.91. The van der Waals surface area contributed by atoms with Gasteiger partial charge in [0.15, 0.2) is 6.61 Å². The van der Waals surface area contributed by atoms with Crippen molar-refractivity contribution in [2.75, 3.05) is 13.2 Å². The van der Waals surface area contributed by atoms with E-state index in [0.29, 0.717) is 12.5 Å². The second-order valence-electron chi connectivity index (χ2n) is 4.85. The summed E-state index contributed by atoms with van der Waals surface area (Å²) in [6.07, 6.45) is 3.49. The molecule has 6 heteroatoms. The predicted octanol–water partition coefficient (Wildman–Crippen LogP) is -0.325. The fourth-order valence-electron chi connectivity index (χ4n) is 2.12. The highest BCUT2D eigenvalue weighted by atomic mass is 16.7. The maximum Gasteiger partial charge on any atom is 0.251 e. The van der Waals surface area contributed by atoms with Crippen molar-refractivity contribution in [2.45, 2.75) is 32.6 Å². The number of primary amides is 1. The van der Waals surface area contributed by atoms with Crippen LogP contribution in [0.15, 0.2) is 0 Å². The maximum absolute atomic E-state index is 12.0. The Morgan fingerprint density at radius 3 is 2.47 bits per heavy atom. The zero-order valence-corrected chi connectivity index (χ0v) is 10.2. The Bertz CT molecular complexity index is 286. The van der Waals surface area contributed by atoms with Gasteiger partial charge in [-0.1, -0.05) is 6.92 Å². The highest BCUT2D eigenvalue weighted by molar-refractivity contribution is 5.82. The van der Waals surface area contributed by atoms with Gasteiger partial charge in [0.2, 0.25) is 5.91 Å². The smallest absolute Gasteiger partial charge is 0.251 e. The van der Waals surface area contributed by atoms with Gasteiger partial charge in [0.05, 0.1) is 5.41 Å². The number of hydroxylamine groups is 1. The van der Waals surface area contributed by atoms with Crippen molar-refractivity contribution >= 4 is 11.8 Å². The molecule has 0 saturated heterocycles. The summed E-state index contributed by atoms with van der Waals surface area (Å²) in [4.78, 5) is 27.2. The van der Waals surface area contributed by atoms with Gasteiger partial charge < -0.3 is 11.5 Å². The molecule has 1 aliphatic carbocycles. The normalized spacial score (nSPS) is 28.7. The quantitative estimate of drug-likeness (QED) is 0.575. The van der Waals surface area contributed by atoms with E-state index < -0.39 is 11.3 Å². The molecule has 0 heterocycles. The molecule has 0 aromatic heterocycles. The zero-order chi connectivity index (χ0) is 12.9. The molecular weight excluding hydrogens is 222 g/mol. The van der Waals surface area contributed by atoms with Crippen LogP contribution in [0.4, 0.5) is 0 Å². The maximum atomic E-state index is 12.0. The van der Waals surface area contributed by atoms with E-state index in [-0.39, 0.29) is 12.5 Å². The molecule has 1 rings (SSSR count). The Labute approximate surface area is 101 Å². The molecule has 0 radical (unpaired) electrons. The van der Waals surface area contributed by atoms with Gasteiger partial charge in [-0.25, -0.2) is 5.48 Å². The summed E-state index contributed by atoms with van der Waals surface area (Å²) in [6, 6.07) is 0. The highest BCUT2D eigenvalue weighted by Crippen LogP contribution is 2.38. The third kappa shape index (κ3) is 3.67.